The molecule has 1 aromatic heterocycles. The Kier molecular flexibility index (Phi) is 6.51. The highest BCUT2D eigenvalue weighted by Gasteiger charge is 2.22. The number of carbonyl (C=O) groups is 2. The number of halogens is 1. The molecular formula is C26H24FNO3. The summed E-state index contributed by atoms with van der Waals surface area (Å²) in [6.07, 6.45) is 6.09. The van der Waals surface area contributed by atoms with Crippen LogP contribution in [0.5, 0.6) is 11.5 Å². The van der Waals surface area contributed by atoms with Crippen molar-refractivity contribution in [3.05, 3.63) is 89.5 Å². The molecule has 1 fully saturated rings. The molecule has 0 amide bonds. The second kappa shape index (κ2) is 9.65. The first-order valence-corrected chi connectivity index (χ1v) is 10.6. The van der Waals surface area contributed by atoms with Crippen LogP contribution in [0.1, 0.15) is 47.3 Å². The second-order valence-electron chi connectivity index (χ2n) is 8.05. The summed E-state index contributed by atoms with van der Waals surface area (Å²) in [7, 11) is 0. The molecule has 1 saturated carbocycles. The van der Waals surface area contributed by atoms with E-state index in [0.29, 0.717) is 36.0 Å². The topological polar surface area (TPSA) is 56.3 Å². The number of carbonyl (C=O) groups excluding carboxylic acids is 2. The number of benzene rings is 2. The fourth-order valence-electron chi connectivity index (χ4n) is 3.43. The minimum Gasteiger partial charge on any atom is -0.457 e. The van der Waals surface area contributed by atoms with E-state index in [0.717, 1.165) is 17.5 Å². The standard InChI is InChI=1S/C26H24FNO3/c27-21-8-3-19(4-9-21)15-22(29)16-20-5-10-23(11-6-20)31-24-13-14-28-25(17-24)26(30)12-7-18-1-2-18/h3-6,8-11,13-14,17-18H,1-2,7,12,15-16H2. The number of Topliss-reactive ketones (excluding diaryl/α,β-unsaturated/α-hetero) is 2. The first-order valence-electron chi connectivity index (χ1n) is 10.6. The van der Waals surface area contributed by atoms with Gasteiger partial charge in [0, 0.05) is 31.5 Å². The number of nitrogens with zero attached hydrogens (tertiary/aromatic N) is 1. The summed E-state index contributed by atoms with van der Waals surface area (Å²) in [4.78, 5) is 28.8. The number of hydrogen-bond acceptors (Lipinski definition) is 4. The molecule has 0 atom stereocenters. The van der Waals surface area contributed by atoms with Crippen molar-refractivity contribution in [3.8, 4) is 11.5 Å². The van der Waals surface area contributed by atoms with Crippen LogP contribution < -0.4 is 4.74 Å². The molecule has 158 valence electrons. The van der Waals surface area contributed by atoms with Crippen LogP contribution >= 0.6 is 0 Å². The number of ketones is 2. The minimum absolute atomic E-state index is 0.0485. The summed E-state index contributed by atoms with van der Waals surface area (Å²) >= 11 is 0. The summed E-state index contributed by atoms with van der Waals surface area (Å²) in [5.74, 6) is 1.69. The van der Waals surface area contributed by atoms with E-state index >= 15 is 0 Å². The summed E-state index contributed by atoms with van der Waals surface area (Å²) in [6.45, 7) is 0. The Labute approximate surface area is 181 Å². The van der Waals surface area contributed by atoms with Crippen molar-refractivity contribution in [2.45, 2.75) is 38.5 Å². The maximum Gasteiger partial charge on any atom is 0.181 e. The Morgan fingerprint density at radius 3 is 2.19 bits per heavy atom. The number of rotatable bonds is 10. The molecule has 0 N–H and O–H groups in total. The number of aromatic nitrogens is 1. The van der Waals surface area contributed by atoms with E-state index in [-0.39, 0.29) is 23.8 Å². The van der Waals surface area contributed by atoms with Crippen LogP contribution in [0.4, 0.5) is 4.39 Å². The van der Waals surface area contributed by atoms with Crippen molar-refractivity contribution >= 4 is 11.6 Å². The Hall–Kier alpha value is -3.34. The lowest BCUT2D eigenvalue weighted by Gasteiger charge is -2.08. The number of hydrogen-bond donors (Lipinski definition) is 0. The number of ether oxygens (including phenoxy) is 1. The van der Waals surface area contributed by atoms with Gasteiger partial charge in [-0.15, -0.1) is 0 Å². The molecular weight excluding hydrogens is 393 g/mol. The average molecular weight is 417 g/mol. The third-order valence-electron chi connectivity index (χ3n) is 5.37. The van der Waals surface area contributed by atoms with Gasteiger partial charge in [0.15, 0.2) is 5.78 Å². The van der Waals surface area contributed by atoms with Crippen LogP contribution in [-0.2, 0) is 17.6 Å². The summed E-state index contributed by atoms with van der Waals surface area (Å²) in [5.41, 5.74) is 2.11. The molecule has 0 radical (unpaired) electrons. The molecule has 0 saturated heterocycles. The van der Waals surface area contributed by atoms with Crippen LogP contribution in [0.3, 0.4) is 0 Å². The SMILES string of the molecule is O=C(Cc1ccc(F)cc1)Cc1ccc(Oc2ccnc(C(=O)CCC3CC3)c2)cc1. The molecule has 3 aromatic rings. The first-order chi connectivity index (χ1) is 15.0. The minimum atomic E-state index is -0.310. The van der Waals surface area contributed by atoms with Gasteiger partial charge >= 0.3 is 0 Å². The summed E-state index contributed by atoms with van der Waals surface area (Å²) in [6, 6.07) is 16.7. The smallest absolute Gasteiger partial charge is 0.181 e. The lowest BCUT2D eigenvalue weighted by atomic mass is 10.0. The van der Waals surface area contributed by atoms with Crippen molar-refractivity contribution in [2.75, 3.05) is 0 Å². The summed E-state index contributed by atoms with van der Waals surface area (Å²) < 4.78 is 18.8. The predicted octanol–water partition coefficient (Wildman–Crippen LogP) is 5.74. The maximum absolute atomic E-state index is 13.0. The van der Waals surface area contributed by atoms with Gasteiger partial charge in [-0.3, -0.25) is 14.6 Å². The van der Waals surface area contributed by atoms with Gasteiger partial charge in [0.25, 0.3) is 0 Å². The lowest BCUT2D eigenvalue weighted by Crippen LogP contribution is -2.06. The molecule has 31 heavy (non-hydrogen) atoms. The number of pyridine rings is 1. The van der Waals surface area contributed by atoms with Crippen LogP contribution in [-0.4, -0.2) is 16.6 Å². The van der Waals surface area contributed by atoms with Crippen molar-refractivity contribution in [3.63, 3.8) is 0 Å². The van der Waals surface area contributed by atoms with Crippen LogP contribution in [0.2, 0.25) is 0 Å². The zero-order valence-corrected chi connectivity index (χ0v) is 17.2. The maximum atomic E-state index is 13.0. The van der Waals surface area contributed by atoms with Gasteiger partial charge < -0.3 is 4.74 Å². The molecule has 4 nitrogen and oxygen atoms in total. The van der Waals surface area contributed by atoms with E-state index in [4.69, 9.17) is 4.74 Å². The van der Waals surface area contributed by atoms with Crippen molar-refractivity contribution < 1.29 is 18.7 Å². The molecule has 2 aromatic carbocycles. The fourth-order valence-corrected chi connectivity index (χ4v) is 3.43. The van der Waals surface area contributed by atoms with E-state index in [2.05, 4.69) is 4.98 Å². The highest BCUT2D eigenvalue weighted by Crippen LogP contribution is 2.34. The zero-order valence-electron chi connectivity index (χ0n) is 17.2. The lowest BCUT2D eigenvalue weighted by molar-refractivity contribution is -0.117. The molecule has 1 aliphatic rings. The quantitative estimate of drug-likeness (QED) is 0.395. The van der Waals surface area contributed by atoms with Crippen molar-refractivity contribution in [2.24, 2.45) is 5.92 Å². The first kappa shape index (κ1) is 20.9. The van der Waals surface area contributed by atoms with Crippen molar-refractivity contribution in [1.29, 1.82) is 0 Å². The van der Waals surface area contributed by atoms with E-state index < -0.39 is 0 Å². The molecule has 0 unspecified atom stereocenters. The molecule has 1 aliphatic carbocycles. The van der Waals surface area contributed by atoms with E-state index in [1.165, 1.54) is 25.0 Å². The largest absolute Gasteiger partial charge is 0.457 e. The average Bonchev–Trinajstić information content (AvgIpc) is 3.60. The summed E-state index contributed by atoms with van der Waals surface area (Å²) in [5, 5.41) is 0. The van der Waals surface area contributed by atoms with Crippen LogP contribution in [0.25, 0.3) is 0 Å². The van der Waals surface area contributed by atoms with Gasteiger partial charge in [0.2, 0.25) is 0 Å². The second-order valence-corrected chi connectivity index (χ2v) is 8.05. The van der Waals surface area contributed by atoms with Gasteiger partial charge in [-0.05, 0) is 53.8 Å². The molecule has 1 heterocycles. The third-order valence-corrected chi connectivity index (χ3v) is 5.37. The molecule has 0 spiro atoms. The Morgan fingerprint density at radius 1 is 0.903 bits per heavy atom. The molecule has 0 aliphatic heterocycles. The Bertz CT molecular complexity index is 1060. The Balaban J connectivity index is 1.31. The molecule has 5 heteroatoms. The highest BCUT2D eigenvalue weighted by molar-refractivity contribution is 5.94. The van der Waals surface area contributed by atoms with Gasteiger partial charge in [0.1, 0.15) is 28.8 Å². The fraction of sp³-hybridized carbons (Fsp3) is 0.269. The zero-order chi connectivity index (χ0) is 21.6. The van der Waals surface area contributed by atoms with Crippen LogP contribution in [0, 0.1) is 11.7 Å². The molecule has 0 bridgehead atoms. The van der Waals surface area contributed by atoms with E-state index in [1.807, 2.05) is 12.1 Å². The normalized spacial score (nSPS) is 13.1. The highest BCUT2D eigenvalue weighted by atomic mass is 19.1. The van der Waals surface area contributed by atoms with E-state index in [9.17, 15) is 14.0 Å². The van der Waals surface area contributed by atoms with Crippen molar-refractivity contribution in [1.82, 2.24) is 4.98 Å². The van der Waals surface area contributed by atoms with Gasteiger partial charge in [-0.2, -0.15) is 0 Å². The third kappa shape index (κ3) is 6.32. The van der Waals surface area contributed by atoms with Gasteiger partial charge in [-0.1, -0.05) is 37.1 Å². The van der Waals surface area contributed by atoms with Gasteiger partial charge in [-0.25, -0.2) is 4.39 Å². The van der Waals surface area contributed by atoms with Crippen LogP contribution in [0.15, 0.2) is 66.9 Å². The Morgan fingerprint density at radius 2 is 1.55 bits per heavy atom. The molecule has 4 rings (SSSR count). The van der Waals surface area contributed by atoms with E-state index in [1.54, 1.807) is 42.6 Å². The monoisotopic (exact) mass is 417 g/mol. The van der Waals surface area contributed by atoms with Gasteiger partial charge in [0.05, 0.1) is 0 Å². The predicted molar refractivity (Wildman–Crippen MR) is 116 cm³/mol.